The molecular formula is C23H40. The lowest BCUT2D eigenvalue weighted by molar-refractivity contribution is 0.264. The van der Waals surface area contributed by atoms with Gasteiger partial charge in [0.25, 0.3) is 0 Å². The Kier molecular flexibility index (Phi) is 10.2. The van der Waals surface area contributed by atoms with Crippen molar-refractivity contribution in [1.82, 2.24) is 0 Å². The molecule has 0 saturated heterocycles. The van der Waals surface area contributed by atoms with Gasteiger partial charge in [0, 0.05) is 0 Å². The third-order valence-corrected chi connectivity index (χ3v) is 5.20. The minimum absolute atomic E-state index is 0.471. The van der Waals surface area contributed by atoms with E-state index in [4.69, 9.17) is 0 Å². The largest absolute Gasteiger partial charge is 0.0958 e. The zero-order valence-electron chi connectivity index (χ0n) is 17.1. The van der Waals surface area contributed by atoms with E-state index in [9.17, 15) is 0 Å². The molecule has 0 amide bonds. The van der Waals surface area contributed by atoms with E-state index in [2.05, 4.69) is 60.3 Å². The van der Waals surface area contributed by atoms with Gasteiger partial charge in [-0.25, -0.2) is 0 Å². The predicted molar refractivity (Wildman–Crippen MR) is 108 cm³/mol. The number of allylic oxidation sites excluding steroid dienone is 7. The van der Waals surface area contributed by atoms with Crippen molar-refractivity contribution in [2.24, 2.45) is 5.41 Å². The maximum Gasteiger partial charge on any atom is -0.0210 e. The van der Waals surface area contributed by atoms with E-state index < -0.39 is 0 Å². The third kappa shape index (κ3) is 5.23. The van der Waals surface area contributed by atoms with Crippen molar-refractivity contribution in [2.75, 3.05) is 0 Å². The van der Waals surface area contributed by atoms with E-state index in [1.165, 1.54) is 54.4 Å². The molecular weight excluding hydrogens is 276 g/mol. The molecule has 0 N–H and O–H groups in total. The summed E-state index contributed by atoms with van der Waals surface area (Å²) in [5.41, 5.74) is 7.81. The first-order chi connectivity index (χ1) is 11.0. The van der Waals surface area contributed by atoms with E-state index in [1.54, 1.807) is 5.57 Å². The Morgan fingerprint density at radius 1 is 1.04 bits per heavy atom. The Morgan fingerprint density at radius 2 is 1.61 bits per heavy atom. The van der Waals surface area contributed by atoms with Crippen molar-refractivity contribution in [3.05, 3.63) is 46.6 Å². The van der Waals surface area contributed by atoms with Gasteiger partial charge in [-0.3, -0.25) is 0 Å². The van der Waals surface area contributed by atoms with Crippen molar-refractivity contribution in [3.63, 3.8) is 0 Å². The number of rotatable bonds is 7. The Bertz CT molecular complexity index is 470. The van der Waals surface area contributed by atoms with Crippen LogP contribution >= 0.6 is 0 Å². The second-order valence-corrected chi connectivity index (χ2v) is 6.56. The highest BCUT2D eigenvalue weighted by Crippen LogP contribution is 2.52. The summed E-state index contributed by atoms with van der Waals surface area (Å²) in [5, 5.41) is 0. The van der Waals surface area contributed by atoms with Crippen LogP contribution in [0.5, 0.6) is 0 Å². The van der Waals surface area contributed by atoms with E-state index in [1.807, 2.05) is 13.8 Å². The summed E-state index contributed by atoms with van der Waals surface area (Å²) in [4.78, 5) is 0. The highest BCUT2D eigenvalue weighted by molar-refractivity contribution is 5.55. The Morgan fingerprint density at radius 3 is 1.96 bits per heavy atom. The maximum absolute atomic E-state index is 4.27. The second kappa shape index (κ2) is 10.7. The van der Waals surface area contributed by atoms with Gasteiger partial charge in [-0.1, -0.05) is 65.3 Å². The molecule has 0 nitrogen and oxygen atoms in total. The van der Waals surface area contributed by atoms with E-state index in [0.29, 0.717) is 5.41 Å². The summed E-state index contributed by atoms with van der Waals surface area (Å²) in [6, 6.07) is 0. The van der Waals surface area contributed by atoms with Gasteiger partial charge in [0.2, 0.25) is 0 Å². The van der Waals surface area contributed by atoms with Crippen LogP contribution in [0.15, 0.2) is 46.6 Å². The molecule has 0 fully saturated rings. The van der Waals surface area contributed by atoms with Crippen LogP contribution in [0.3, 0.4) is 0 Å². The van der Waals surface area contributed by atoms with Crippen molar-refractivity contribution < 1.29 is 0 Å². The van der Waals surface area contributed by atoms with Gasteiger partial charge >= 0.3 is 0 Å². The molecule has 0 aromatic heterocycles. The standard InChI is InChI=1S/C21H34.C2H6/c1-8-13-21(12-5)14-19(16(6)7)20(15-21)18(11-4)17(9-2)10-3;1-2/h9,11H,6,8,10,12-15H2,1-5,7H3;1-2H3/b17-9+,18-11-;. The Labute approximate surface area is 146 Å². The molecule has 1 aliphatic carbocycles. The molecule has 1 rings (SSSR count). The molecule has 0 spiro atoms. The predicted octanol–water partition coefficient (Wildman–Crippen LogP) is 8.18. The fourth-order valence-corrected chi connectivity index (χ4v) is 3.93. The minimum atomic E-state index is 0.471. The molecule has 0 saturated carbocycles. The van der Waals surface area contributed by atoms with Crippen LogP contribution < -0.4 is 0 Å². The Balaban J connectivity index is 0.00000232. The van der Waals surface area contributed by atoms with Gasteiger partial charge in [0.15, 0.2) is 0 Å². The normalized spacial score (nSPS) is 22.1. The lowest BCUT2D eigenvalue weighted by Gasteiger charge is -2.28. The zero-order chi connectivity index (χ0) is 18.0. The van der Waals surface area contributed by atoms with Gasteiger partial charge in [-0.05, 0) is 80.6 Å². The third-order valence-electron chi connectivity index (χ3n) is 5.20. The van der Waals surface area contributed by atoms with Crippen LogP contribution in [-0.2, 0) is 0 Å². The van der Waals surface area contributed by atoms with Gasteiger partial charge in [0.05, 0.1) is 0 Å². The van der Waals surface area contributed by atoms with Crippen molar-refractivity contribution in [1.29, 1.82) is 0 Å². The average Bonchev–Trinajstić information content (AvgIpc) is 2.95. The second-order valence-electron chi connectivity index (χ2n) is 6.56. The van der Waals surface area contributed by atoms with Crippen LogP contribution in [0, 0.1) is 5.41 Å². The summed E-state index contributed by atoms with van der Waals surface area (Å²) in [5.74, 6) is 0. The molecule has 0 aromatic rings. The summed E-state index contributed by atoms with van der Waals surface area (Å²) in [7, 11) is 0. The molecule has 0 heterocycles. The molecule has 0 bridgehead atoms. The fraction of sp³-hybridized carbons (Fsp3) is 0.652. The molecule has 1 unspecified atom stereocenters. The van der Waals surface area contributed by atoms with E-state index >= 15 is 0 Å². The SMILES string of the molecule is C=C(C)C1=C(C(=C\C)/C(=C/C)CC)CC(CC)(CCC)C1.CC. The lowest BCUT2D eigenvalue weighted by Crippen LogP contribution is -2.16. The fourth-order valence-electron chi connectivity index (χ4n) is 3.93. The zero-order valence-corrected chi connectivity index (χ0v) is 17.1. The van der Waals surface area contributed by atoms with Crippen LogP contribution in [0.25, 0.3) is 0 Å². The highest BCUT2D eigenvalue weighted by Gasteiger charge is 2.37. The van der Waals surface area contributed by atoms with Crippen LogP contribution in [0.1, 0.15) is 93.9 Å². The maximum atomic E-state index is 4.27. The summed E-state index contributed by atoms with van der Waals surface area (Å²) < 4.78 is 0. The summed E-state index contributed by atoms with van der Waals surface area (Å²) >= 11 is 0. The lowest BCUT2D eigenvalue weighted by atomic mass is 9.76. The summed E-state index contributed by atoms with van der Waals surface area (Å²) in [6.07, 6.45) is 12.0. The monoisotopic (exact) mass is 316 g/mol. The molecule has 0 aromatic carbocycles. The smallest absolute Gasteiger partial charge is 0.0210 e. The molecule has 0 heteroatoms. The van der Waals surface area contributed by atoms with Gasteiger partial charge in [0.1, 0.15) is 0 Å². The van der Waals surface area contributed by atoms with Crippen LogP contribution in [0.4, 0.5) is 0 Å². The van der Waals surface area contributed by atoms with Crippen LogP contribution in [-0.4, -0.2) is 0 Å². The first-order valence-corrected chi connectivity index (χ1v) is 9.68. The van der Waals surface area contributed by atoms with Gasteiger partial charge in [-0.2, -0.15) is 0 Å². The van der Waals surface area contributed by atoms with Crippen LogP contribution in [0.2, 0.25) is 0 Å². The highest BCUT2D eigenvalue weighted by atomic mass is 14.4. The number of hydrogen-bond acceptors (Lipinski definition) is 0. The van der Waals surface area contributed by atoms with Gasteiger partial charge in [-0.15, -0.1) is 0 Å². The topological polar surface area (TPSA) is 0 Å². The first-order valence-electron chi connectivity index (χ1n) is 9.68. The molecule has 1 aliphatic rings. The quantitative estimate of drug-likeness (QED) is 0.415. The minimum Gasteiger partial charge on any atom is -0.0958 e. The van der Waals surface area contributed by atoms with E-state index in [0.717, 1.165) is 6.42 Å². The first kappa shape index (κ1) is 22.0. The Hall–Kier alpha value is -1.04. The van der Waals surface area contributed by atoms with Crippen molar-refractivity contribution >= 4 is 0 Å². The molecule has 0 aliphatic heterocycles. The number of hydrogen-bond donors (Lipinski definition) is 0. The molecule has 0 radical (unpaired) electrons. The van der Waals surface area contributed by atoms with Crippen molar-refractivity contribution in [2.45, 2.75) is 93.9 Å². The van der Waals surface area contributed by atoms with Crippen molar-refractivity contribution in [3.8, 4) is 0 Å². The molecule has 132 valence electrons. The average molecular weight is 317 g/mol. The molecule has 1 atom stereocenters. The van der Waals surface area contributed by atoms with Gasteiger partial charge < -0.3 is 0 Å². The molecule has 23 heavy (non-hydrogen) atoms. The van der Waals surface area contributed by atoms with E-state index in [-0.39, 0.29) is 0 Å². The summed E-state index contributed by atoms with van der Waals surface area (Å²) in [6.45, 7) is 21.7.